The van der Waals surface area contributed by atoms with E-state index in [2.05, 4.69) is 9.82 Å². The number of rotatable bonds is 3. The molecule has 0 saturated heterocycles. The summed E-state index contributed by atoms with van der Waals surface area (Å²) in [5.41, 5.74) is -0.276. The Morgan fingerprint density at radius 2 is 2.00 bits per heavy atom. The van der Waals surface area contributed by atoms with Crippen LogP contribution in [0, 0.1) is 11.8 Å². The van der Waals surface area contributed by atoms with Gasteiger partial charge in [-0.3, -0.25) is 4.79 Å². The first kappa shape index (κ1) is 15.2. The second-order valence-electron chi connectivity index (χ2n) is 6.64. The van der Waals surface area contributed by atoms with Crippen molar-refractivity contribution < 1.29 is 13.2 Å². The first-order chi connectivity index (χ1) is 9.72. The van der Waals surface area contributed by atoms with Crippen molar-refractivity contribution in [3.05, 3.63) is 0 Å². The van der Waals surface area contributed by atoms with Crippen molar-refractivity contribution >= 4 is 32.7 Å². The van der Waals surface area contributed by atoms with Gasteiger partial charge in [-0.05, 0) is 39.0 Å². The minimum atomic E-state index is -3.39. The standard InChI is InChI=1S/C13H20ClN3O3S/c1-13(5-6-13)16-21(19,20)8-3-4-9-10(7-8)12(18)17(2)15-11(9)14/h8-10,16H,3-7H2,1-2H3. The number of carbonyl (C=O) groups is 1. The Hall–Kier alpha value is -0.660. The fraction of sp³-hybridized carbons (Fsp3) is 0.846. The van der Waals surface area contributed by atoms with Crippen LogP contribution in [-0.4, -0.2) is 42.3 Å². The molecule has 1 aliphatic heterocycles. The van der Waals surface area contributed by atoms with Crippen molar-refractivity contribution in [3.63, 3.8) is 0 Å². The van der Waals surface area contributed by atoms with Gasteiger partial charge in [0.1, 0.15) is 5.17 Å². The third-order valence-corrected chi connectivity index (χ3v) is 7.26. The quantitative estimate of drug-likeness (QED) is 0.844. The van der Waals surface area contributed by atoms with Crippen LogP contribution in [0.4, 0.5) is 0 Å². The number of hydrogen-bond acceptors (Lipinski definition) is 4. The highest BCUT2D eigenvalue weighted by Gasteiger charge is 2.48. The summed E-state index contributed by atoms with van der Waals surface area (Å²) in [7, 11) is -1.83. The predicted molar refractivity (Wildman–Crippen MR) is 80.4 cm³/mol. The zero-order valence-electron chi connectivity index (χ0n) is 12.2. The maximum atomic E-state index is 12.5. The summed E-state index contributed by atoms with van der Waals surface area (Å²) >= 11 is 6.12. The number of nitrogens with one attached hydrogen (secondary N) is 1. The van der Waals surface area contributed by atoms with Crippen LogP contribution in [0.15, 0.2) is 5.10 Å². The summed E-state index contributed by atoms with van der Waals surface area (Å²) in [6.07, 6.45) is 3.20. The zero-order valence-corrected chi connectivity index (χ0v) is 13.7. The molecule has 3 atom stereocenters. The summed E-state index contributed by atoms with van der Waals surface area (Å²) in [6, 6.07) is 0. The number of amides is 1. The van der Waals surface area contributed by atoms with E-state index >= 15 is 0 Å². The van der Waals surface area contributed by atoms with Gasteiger partial charge in [-0.2, -0.15) is 5.10 Å². The maximum absolute atomic E-state index is 12.5. The minimum Gasteiger partial charge on any atom is -0.273 e. The molecule has 8 heteroatoms. The summed E-state index contributed by atoms with van der Waals surface area (Å²) < 4.78 is 27.8. The van der Waals surface area contributed by atoms with E-state index in [1.165, 1.54) is 5.01 Å². The lowest BCUT2D eigenvalue weighted by molar-refractivity contribution is -0.137. The molecular weight excluding hydrogens is 314 g/mol. The number of halogens is 1. The van der Waals surface area contributed by atoms with Crippen molar-refractivity contribution in [2.24, 2.45) is 16.9 Å². The van der Waals surface area contributed by atoms with Gasteiger partial charge in [0, 0.05) is 18.5 Å². The molecule has 3 aliphatic rings. The highest BCUT2D eigenvalue weighted by molar-refractivity contribution is 7.90. The van der Waals surface area contributed by atoms with Crippen LogP contribution in [0.25, 0.3) is 0 Å². The third kappa shape index (κ3) is 2.83. The second kappa shape index (κ2) is 4.93. The number of nitrogens with zero attached hydrogens (tertiary/aromatic N) is 2. The monoisotopic (exact) mass is 333 g/mol. The molecule has 2 saturated carbocycles. The minimum absolute atomic E-state index is 0.127. The van der Waals surface area contributed by atoms with Gasteiger partial charge in [0.2, 0.25) is 15.9 Å². The van der Waals surface area contributed by atoms with E-state index in [-0.39, 0.29) is 23.3 Å². The molecule has 2 fully saturated rings. The summed E-state index contributed by atoms with van der Waals surface area (Å²) in [5.74, 6) is -0.636. The lowest BCUT2D eigenvalue weighted by atomic mass is 9.78. The molecule has 0 aromatic rings. The van der Waals surface area contributed by atoms with Crippen LogP contribution < -0.4 is 4.72 Å². The lowest BCUT2D eigenvalue weighted by Gasteiger charge is -2.38. The predicted octanol–water partition coefficient (Wildman–Crippen LogP) is 1.27. The molecule has 0 bridgehead atoms. The Kier molecular flexibility index (Phi) is 3.58. The fourth-order valence-corrected chi connectivity index (χ4v) is 5.53. The molecule has 0 spiro atoms. The second-order valence-corrected chi connectivity index (χ2v) is 8.99. The van der Waals surface area contributed by atoms with Gasteiger partial charge in [0.15, 0.2) is 0 Å². The number of hydrazone groups is 1. The third-order valence-electron chi connectivity index (χ3n) is 4.82. The zero-order chi connectivity index (χ0) is 15.4. The molecule has 0 radical (unpaired) electrons. The van der Waals surface area contributed by atoms with E-state index in [0.717, 1.165) is 12.8 Å². The SMILES string of the molecule is CN1N=C(Cl)C2CCC(S(=O)(=O)NC3(C)CC3)CC2C1=O. The molecular formula is C13H20ClN3O3S. The Morgan fingerprint density at radius 3 is 2.62 bits per heavy atom. The highest BCUT2D eigenvalue weighted by atomic mass is 35.5. The topological polar surface area (TPSA) is 78.8 Å². The molecule has 3 rings (SSSR count). The van der Waals surface area contributed by atoms with Gasteiger partial charge in [-0.25, -0.2) is 18.1 Å². The Morgan fingerprint density at radius 1 is 1.33 bits per heavy atom. The molecule has 0 aromatic carbocycles. The number of hydrogen-bond donors (Lipinski definition) is 1. The van der Waals surface area contributed by atoms with E-state index in [0.29, 0.717) is 24.4 Å². The average Bonchev–Trinajstić information content (AvgIpc) is 3.12. The van der Waals surface area contributed by atoms with E-state index in [9.17, 15) is 13.2 Å². The van der Waals surface area contributed by atoms with E-state index in [1.54, 1.807) is 7.05 Å². The first-order valence-corrected chi connectivity index (χ1v) is 9.19. The van der Waals surface area contributed by atoms with E-state index in [1.807, 2.05) is 6.92 Å². The Balaban J connectivity index is 1.77. The van der Waals surface area contributed by atoms with Crippen molar-refractivity contribution in [3.8, 4) is 0 Å². The highest BCUT2D eigenvalue weighted by Crippen LogP contribution is 2.41. The van der Waals surface area contributed by atoms with Gasteiger partial charge >= 0.3 is 0 Å². The molecule has 3 unspecified atom stereocenters. The van der Waals surface area contributed by atoms with Gasteiger partial charge < -0.3 is 0 Å². The van der Waals surface area contributed by atoms with Gasteiger partial charge in [0.25, 0.3) is 0 Å². The largest absolute Gasteiger partial charge is 0.273 e. The summed E-state index contributed by atoms with van der Waals surface area (Å²) in [4.78, 5) is 12.2. The van der Waals surface area contributed by atoms with Crippen LogP contribution in [0.5, 0.6) is 0 Å². The van der Waals surface area contributed by atoms with Crippen molar-refractivity contribution in [1.29, 1.82) is 0 Å². The number of sulfonamides is 1. The Labute approximate surface area is 130 Å². The first-order valence-electron chi connectivity index (χ1n) is 7.26. The van der Waals surface area contributed by atoms with E-state index in [4.69, 9.17) is 11.6 Å². The maximum Gasteiger partial charge on any atom is 0.246 e. The molecule has 0 aromatic heterocycles. The van der Waals surface area contributed by atoms with Crippen LogP contribution >= 0.6 is 11.6 Å². The molecule has 21 heavy (non-hydrogen) atoms. The molecule has 1 N–H and O–H groups in total. The van der Waals surface area contributed by atoms with E-state index < -0.39 is 15.3 Å². The van der Waals surface area contributed by atoms with Gasteiger partial charge in [-0.15, -0.1) is 0 Å². The molecule has 1 heterocycles. The fourth-order valence-electron chi connectivity index (χ4n) is 3.19. The molecule has 118 valence electrons. The van der Waals surface area contributed by atoms with Crippen LogP contribution in [0.1, 0.15) is 39.0 Å². The van der Waals surface area contributed by atoms with Crippen LogP contribution in [-0.2, 0) is 14.8 Å². The number of carbonyl (C=O) groups excluding carboxylic acids is 1. The van der Waals surface area contributed by atoms with Crippen LogP contribution in [0.3, 0.4) is 0 Å². The summed E-state index contributed by atoms with van der Waals surface area (Å²) in [5, 5.41) is 5.13. The number of fused-ring (bicyclic) bond motifs is 1. The van der Waals surface area contributed by atoms with Gasteiger partial charge in [-0.1, -0.05) is 11.6 Å². The smallest absolute Gasteiger partial charge is 0.246 e. The van der Waals surface area contributed by atoms with Crippen molar-refractivity contribution in [2.45, 2.75) is 49.8 Å². The average molecular weight is 334 g/mol. The van der Waals surface area contributed by atoms with Crippen molar-refractivity contribution in [2.75, 3.05) is 7.05 Å². The Bertz CT molecular complexity index is 600. The lowest BCUT2D eigenvalue weighted by Crippen LogP contribution is -2.49. The molecule has 6 nitrogen and oxygen atoms in total. The molecule has 2 aliphatic carbocycles. The van der Waals surface area contributed by atoms with Gasteiger partial charge in [0.05, 0.1) is 11.2 Å². The molecule has 1 amide bonds. The van der Waals surface area contributed by atoms with Crippen molar-refractivity contribution in [1.82, 2.24) is 9.73 Å². The van der Waals surface area contributed by atoms with Crippen LogP contribution in [0.2, 0.25) is 0 Å². The summed E-state index contributed by atoms with van der Waals surface area (Å²) in [6.45, 7) is 1.92. The normalized spacial score (nSPS) is 35.2.